The van der Waals surface area contributed by atoms with E-state index in [9.17, 15) is 0 Å². The number of benzene rings is 2. The van der Waals surface area contributed by atoms with Crippen molar-refractivity contribution in [3.8, 4) is 0 Å². The minimum absolute atomic E-state index is 0.950. The minimum Gasteiger partial charge on any atom is -0.396 e. The number of hydrogen-bond donors (Lipinski definition) is 1. The van der Waals surface area contributed by atoms with Crippen molar-refractivity contribution in [3.05, 3.63) is 48.8 Å². The minimum atomic E-state index is 0.950. The smallest absolute Gasteiger partial charge is 0.0893 e. The fraction of sp³-hybridized carbons (Fsp3) is 0. The molecular weight excluding hydrogens is 230 g/mol. The molecule has 0 unspecified atom stereocenters. The first-order valence-corrected chi connectivity index (χ1v) is 5.57. The van der Waals surface area contributed by atoms with Gasteiger partial charge in [0, 0.05) is 12.4 Å². The summed E-state index contributed by atoms with van der Waals surface area (Å²) < 4.78 is 0. The number of nitrogens with two attached hydrogens (primary N) is 1. The first kappa shape index (κ1) is 11.4. The summed E-state index contributed by atoms with van der Waals surface area (Å²) in [6.45, 7) is 0. The van der Waals surface area contributed by atoms with Crippen LogP contribution in [-0.2, 0) is 0 Å². The molecule has 1 heterocycles. The lowest BCUT2D eigenvalue weighted by Crippen LogP contribution is -1.82. The van der Waals surface area contributed by atoms with Crippen molar-refractivity contribution in [2.45, 2.75) is 0 Å². The molecule has 1 aromatic heterocycles. The highest BCUT2D eigenvalue weighted by molar-refractivity contribution is 7.78. The van der Waals surface area contributed by atoms with Crippen molar-refractivity contribution in [1.82, 2.24) is 9.97 Å². The van der Waals surface area contributed by atoms with E-state index in [2.05, 4.69) is 52.2 Å². The third-order valence-corrected chi connectivity index (χ3v) is 2.34. The third-order valence-electron chi connectivity index (χ3n) is 2.34. The van der Waals surface area contributed by atoms with Crippen LogP contribution in [0.15, 0.2) is 48.8 Å². The van der Waals surface area contributed by atoms with Gasteiger partial charge in [0.05, 0.1) is 16.5 Å². The summed E-state index contributed by atoms with van der Waals surface area (Å²) in [4.78, 5) is 8.54. The molecule has 0 spiro atoms. The van der Waals surface area contributed by atoms with Crippen LogP contribution in [0.25, 0.3) is 21.8 Å². The fourth-order valence-corrected chi connectivity index (χ4v) is 1.65. The molecule has 84 valence electrons. The van der Waals surface area contributed by atoms with Gasteiger partial charge in [-0.05, 0) is 22.9 Å². The summed E-state index contributed by atoms with van der Waals surface area (Å²) in [5.41, 5.74) is 7.52. The molecule has 2 aromatic carbocycles. The van der Waals surface area contributed by atoms with Gasteiger partial charge in [-0.15, -0.1) is 0 Å². The number of hydrogen-bond acceptors (Lipinski definition) is 3. The van der Waals surface area contributed by atoms with Crippen LogP contribution in [0.3, 0.4) is 0 Å². The Hall–Kier alpha value is -2.07. The van der Waals surface area contributed by atoms with Gasteiger partial charge in [-0.25, -0.2) is 0 Å². The molecule has 3 rings (SSSR count). The molecule has 3 nitrogen and oxygen atoms in total. The molecule has 4 heteroatoms. The zero-order chi connectivity index (χ0) is 12.1. The van der Waals surface area contributed by atoms with Crippen molar-refractivity contribution >= 4 is 39.5 Å². The quantitative estimate of drug-likeness (QED) is 0.485. The Morgan fingerprint density at radius 2 is 1.35 bits per heavy atom. The molecule has 0 aliphatic rings. The normalized spacial score (nSPS) is 9.65. The van der Waals surface area contributed by atoms with Gasteiger partial charge in [0.1, 0.15) is 0 Å². The Morgan fingerprint density at radius 3 is 1.76 bits per heavy atom. The number of aromatic nitrogens is 2. The first-order chi connectivity index (χ1) is 8.35. The number of nitrogens with zero attached hydrogens (tertiary/aromatic N) is 2. The maximum absolute atomic E-state index is 4.54. The maximum Gasteiger partial charge on any atom is 0.0893 e. The van der Waals surface area contributed by atoms with Gasteiger partial charge in [-0.1, -0.05) is 36.5 Å². The second kappa shape index (κ2) is 5.32. The molecule has 17 heavy (non-hydrogen) atoms. The fourth-order valence-electron chi connectivity index (χ4n) is 1.65. The van der Waals surface area contributed by atoms with E-state index in [4.69, 9.17) is 0 Å². The van der Waals surface area contributed by atoms with Crippen LogP contribution in [0.5, 0.6) is 0 Å². The highest BCUT2D eigenvalue weighted by Crippen LogP contribution is 2.18. The second-order valence-electron chi connectivity index (χ2n) is 3.38. The van der Waals surface area contributed by atoms with Gasteiger partial charge in [0.25, 0.3) is 0 Å². The van der Waals surface area contributed by atoms with Crippen LogP contribution in [0.1, 0.15) is 0 Å². The lowest BCUT2D eigenvalue weighted by Gasteiger charge is -1.99. The average molecular weight is 241 g/mol. The molecule has 3 aromatic rings. The standard InChI is InChI=1S/C12H8N2.CH3NS/c1-2-4-10-8-12-11(7-9(10)3-1)13-5-6-14-12;2-1-3/h1-8H;1H,(H2,2,3). The Morgan fingerprint density at radius 1 is 0.941 bits per heavy atom. The van der Waals surface area contributed by atoms with Crippen LogP contribution < -0.4 is 5.73 Å². The molecule has 0 fully saturated rings. The predicted octanol–water partition coefficient (Wildman–Crippen LogP) is 2.69. The first-order valence-electron chi connectivity index (χ1n) is 5.10. The van der Waals surface area contributed by atoms with E-state index in [1.807, 2.05) is 12.1 Å². The van der Waals surface area contributed by atoms with Crippen LogP contribution in [0.4, 0.5) is 0 Å². The predicted molar refractivity (Wildman–Crippen MR) is 74.9 cm³/mol. The van der Waals surface area contributed by atoms with E-state index < -0.39 is 0 Å². The molecule has 0 atom stereocenters. The van der Waals surface area contributed by atoms with Gasteiger partial charge < -0.3 is 5.73 Å². The van der Waals surface area contributed by atoms with Gasteiger partial charge in [-0.2, -0.15) is 0 Å². The molecule has 0 aliphatic carbocycles. The molecule has 0 saturated carbocycles. The summed E-state index contributed by atoms with van der Waals surface area (Å²) in [6.07, 6.45) is 3.44. The molecular formula is C13H11N3S. The van der Waals surface area contributed by atoms with Crippen LogP contribution in [0.2, 0.25) is 0 Å². The van der Waals surface area contributed by atoms with Crippen molar-refractivity contribution in [3.63, 3.8) is 0 Å². The van der Waals surface area contributed by atoms with Crippen molar-refractivity contribution in [1.29, 1.82) is 0 Å². The molecule has 0 amide bonds. The molecule has 0 radical (unpaired) electrons. The summed E-state index contributed by atoms with van der Waals surface area (Å²) >= 11 is 4.05. The number of thiocarbonyl (C=S) groups is 1. The average Bonchev–Trinajstić information content (AvgIpc) is 2.37. The monoisotopic (exact) mass is 241 g/mol. The van der Waals surface area contributed by atoms with Gasteiger partial charge in [-0.3, -0.25) is 9.97 Å². The molecule has 0 aliphatic heterocycles. The Kier molecular flexibility index (Phi) is 3.57. The van der Waals surface area contributed by atoms with E-state index in [0.717, 1.165) is 16.5 Å². The number of fused-ring (bicyclic) bond motifs is 2. The second-order valence-corrected chi connectivity index (χ2v) is 3.65. The van der Waals surface area contributed by atoms with E-state index >= 15 is 0 Å². The van der Waals surface area contributed by atoms with Crippen molar-refractivity contribution in [2.75, 3.05) is 0 Å². The van der Waals surface area contributed by atoms with Crippen LogP contribution in [-0.4, -0.2) is 15.5 Å². The van der Waals surface area contributed by atoms with Crippen LogP contribution >= 0.6 is 12.2 Å². The largest absolute Gasteiger partial charge is 0.396 e. The van der Waals surface area contributed by atoms with Crippen molar-refractivity contribution in [2.24, 2.45) is 5.73 Å². The van der Waals surface area contributed by atoms with E-state index in [-0.39, 0.29) is 0 Å². The Balaban J connectivity index is 0.000000329. The topological polar surface area (TPSA) is 51.8 Å². The SMILES string of the molecule is NC=S.c1ccc2cc3nccnc3cc2c1. The highest BCUT2D eigenvalue weighted by atomic mass is 32.1. The highest BCUT2D eigenvalue weighted by Gasteiger charge is 1.97. The Labute approximate surface area is 104 Å². The van der Waals surface area contributed by atoms with Gasteiger partial charge >= 0.3 is 0 Å². The van der Waals surface area contributed by atoms with E-state index in [0.29, 0.717) is 0 Å². The van der Waals surface area contributed by atoms with Gasteiger partial charge in [0.15, 0.2) is 0 Å². The number of rotatable bonds is 0. The van der Waals surface area contributed by atoms with Crippen LogP contribution in [0, 0.1) is 0 Å². The molecule has 0 saturated heterocycles. The lowest BCUT2D eigenvalue weighted by atomic mass is 10.1. The van der Waals surface area contributed by atoms with Crippen molar-refractivity contribution < 1.29 is 0 Å². The van der Waals surface area contributed by atoms with E-state index in [1.165, 1.54) is 10.8 Å². The Bertz CT molecular complexity index is 547. The lowest BCUT2D eigenvalue weighted by molar-refractivity contribution is 1.30. The zero-order valence-electron chi connectivity index (χ0n) is 9.08. The maximum atomic E-state index is 4.54. The third kappa shape index (κ3) is 2.54. The summed E-state index contributed by atoms with van der Waals surface area (Å²) in [5.74, 6) is 0. The summed E-state index contributed by atoms with van der Waals surface area (Å²) in [5, 5.41) is 2.42. The molecule has 2 N–H and O–H groups in total. The molecule has 0 bridgehead atoms. The summed E-state index contributed by atoms with van der Waals surface area (Å²) in [6, 6.07) is 12.4. The van der Waals surface area contributed by atoms with E-state index in [1.54, 1.807) is 12.4 Å². The zero-order valence-corrected chi connectivity index (χ0v) is 9.89. The summed E-state index contributed by atoms with van der Waals surface area (Å²) in [7, 11) is 0. The van der Waals surface area contributed by atoms with Gasteiger partial charge in [0.2, 0.25) is 0 Å².